The molecule has 1 saturated carbocycles. The molecule has 2 fully saturated rings. The van der Waals surface area contributed by atoms with Crippen molar-refractivity contribution < 1.29 is 14.3 Å². The van der Waals surface area contributed by atoms with Crippen LogP contribution >= 0.6 is 0 Å². The van der Waals surface area contributed by atoms with Gasteiger partial charge in [0.1, 0.15) is 23.4 Å². The highest BCUT2D eigenvalue weighted by molar-refractivity contribution is 5.86. The highest BCUT2D eigenvalue weighted by Gasteiger charge is 2.35. The van der Waals surface area contributed by atoms with E-state index in [-0.39, 0.29) is 17.7 Å². The average molecular weight is 389 g/mol. The summed E-state index contributed by atoms with van der Waals surface area (Å²) in [5.41, 5.74) is 2.17. The Balaban J connectivity index is 1.56. The van der Waals surface area contributed by atoms with Gasteiger partial charge in [0.2, 0.25) is 5.91 Å². The van der Waals surface area contributed by atoms with Crippen LogP contribution in [0.15, 0.2) is 59.2 Å². The van der Waals surface area contributed by atoms with Crippen molar-refractivity contribution >= 4 is 11.7 Å². The molecule has 3 aromatic rings. The van der Waals surface area contributed by atoms with Crippen molar-refractivity contribution in [2.24, 2.45) is 0 Å². The second-order valence-electron chi connectivity index (χ2n) is 7.73. The van der Waals surface area contributed by atoms with Crippen molar-refractivity contribution in [3.8, 4) is 28.3 Å². The third-order valence-electron chi connectivity index (χ3n) is 5.57. The van der Waals surface area contributed by atoms with Gasteiger partial charge in [0.15, 0.2) is 0 Å². The lowest BCUT2D eigenvalue weighted by Crippen LogP contribution is -2.44. The lowest BCUT2D eigenvalue weighted by atomic mass is 10.1. The number of furan rings is 1. The molecule has 5 rings (SSSR count). The Hall–Kier alpha value is -3.28. The van der Waals surface area contributed by atoms with E-state index in [1.807, 2.05) is 36.4 Å². The van der Waals surface area contributed by atoms with E-state index >= 15 is 0 Å². The summed E-state index contributed by atoms with van der Waals surface area (Å²) >= 11 is 0. The molecule has 1 amide bonds. The Bertz CT molecular complexity index is 1030. The minimum atomic E-state index is -0.216. The van der Waals surface area contributed by atoms with Crippen LogP contribution < -0.4 is 10.2 Å². The van der Waals surface area contributed by atoms with Gasteiger partial charge in [-0.1, -0.05) is 12.1 Å². The number of phenols is 1. The van der Waals surface area contributed by atoms with Gasteiger partial charge in [0, 0.05) is 23.7 Å². The molecule has 0 bridgehead atoms. The number of nitrogens with one attached hydrogen (secondary N) is 1. The molecule has 148 valence electrons. The maximum atomic E-state index is 12.8. The van der Waals surface area contributed by atoms with Crippen LogP contribution in [0.3, 0.4) is 0 Å². The molecule has 29 heavy (non-hydrogen) atoms. The van der Waals surface area contributed by atoms with E-state index in [9.17, 15) is 9.90 Å². The largest absolute Gasteiger partial charge is 0.507 e. The predicted octanol–water partition coefficient (Wildman–Crippen LogP) is 3.96. The first kappa shape index (κ1) is 17.8. The Morgan fingerprint density at radius 1 is 1.14 bits per heavy atom. The number of amides is 1. The molecule has 6 heteroatoms. The zero-order valence-electron chi connectivity index (χ0n) is 16.0. The second kappa shape index (κ2) is 7.28. The van der Waals surface area contributed by atoms with Gasteiger partial charge in [0.05, 0.1) is 12.0 Å². The molecule has 6 nitrogen and oxygen atoms in total. The van der Waals surface area contributed by atoms with E-state index in [2.05, 4.69) is 10.2 Å². The minimum Gasteiger partial charge on any atom is -0.507 e. The van der Waals surface area contributed by atoms with Gasteiger partial charge in [-0.15, -0.1) is 0 Å². The number of nitrogens with zero attached hydrogens (tertiary/aromatic N) is 2. The number of pyridine rings is 1. The molecule has 1 aliphatic heterocycles. The number of aromatic nitrogens is 1. The quantitative estimate of drug-likeness (QED) is 0.691. The fourth-order valence-corrected chi connectivity index (χ4v) is 3.91. The summed E-state index contributed by atoms with van der Waals surface area (Å²) in [6.45, 7) is 0.775. The second-order valence-corrected chi connectivity index (χ2v) is 7.73. The SMILES string of the molecule is O=C(NC1CC1)[C@@H]1CCCN1c1cc(-c2ccco2)cc(-c2ccccc2O)n1. The van der Waals surface area contributed by atoms with Gasteiger partial charge >= 0.3 is 0 Å². The molecule has 2 aromatic heterocycles. The topological polar surface area (TPSA) is 78.6 Å². The van der Waals surface area contributed by atoms with Gasteiger partial charge in [-0.05, 0) is 62.1 Å². The number of aromatic hydroxyl groups is 1. The monoisotopic (exact) mass is 389 g/mol. The zero-order chi connectivity index (χ0) is 19.8. The standard InChI is InChI=1S/C23H23N3O3/c27-20-7-2-1-5-17(20)18-13-15(21-8-4-12-29-21)14-22(25-18)26-11-3-6-19(26)23(28)24-16-9-10-16/h1-2,4-5,7-8,12-14,16,19,27H,3,6,9-11H2,(H,24,28)/t19-/m0/s1. The highest BCUT2D eigenvalue weighted by Crippen LogP contribution is 2.35. The molecular weight excluding hydrogens is 366 g/mol. The maximum Gasteiger partial charge on any atom is 0.242 e. The molecule has 0 radical (unpaired) electrons. The Morgan fingerprint density at radius 3 is 2.76 bits per heavy atom. The first-order valence-corrected chi connectivity index (χ1v) is 10.1. The van der Waals surface area contributed by atoms with Crippen LogP contribution in [0.4, 0.5) is 5.82 Å². The van der Waals surface area contributed by atoms with E-state index in [1.165, 1.54) is 0 Å². The van der Waals surface area contributed by atoms with E-state index in [1.54, 1.807) is 18.4 Å². The van der Waals surface area contributed by atoms with E-state index in [0.29, 0.717) is 17.3 Å². The third kappa shape index (κ3) is 3.58. The van der Waals surface area contributed by atoms with Gasteiger partial charge in [0.25, 0.3) is 0 Å². The molecule has 1 saturated heterocycles. The first-order valence-electron chi connectivity index (χ1n) is 10.1. The van der Waals surface area contributed by atoms with Crippen LogP contribution in [-0.2, 0) is 4.79 Å². The number of para-hydroxylation sites is 1. The molecule has 1 aliphatic carbocycles. The molecule has 2 aliphatic rings. The fraction of sp³-hybridized carbons (Fsp3) is 0.304. The molecule has 1 aromatic carbocycles. The van der Waals surface area contributed by atoms with Crippen molar-refractivity contribution in [3.05, 3.63) is 54.8 Å². The molecule has 2 N–H and O–H groups in total. The molecule has 3 heterocycles. The number of carbonyl (C=O) groups excluding carboxylic acids is 1. The number of rotatable bonds is 5. The number of phenolic OH excluding ortho intramolecular Hbond substituents is 1. The smallest absolute Gasteiger partial charge is 0.242 e. The van der Waals surface area contributed by atoms with Crippen molar-refractivity contribution in [2.45, 2.75) is 37.8 Å². The lowest BCUT2D eigenvalue weighted by Gasteiger charge is -2.26. The Kier molecular flexibility index (Phi) is 4.46. The van der Waals surface area contributed by atoms with Crippen LogP contribution in [0.5, 0.6) is 5.75 Å². The van der Waals surface area contributed by atoms with Crippen LogP contribution in [0, 0.1) is 0 Å². The molecule has 0 spiro atoms. The van der Waals surface area contributed by atoms with Gasteiger partial charge in [-0.3, -0.25) is 4.79 Å². The summed E-state index contributed by atoms with van der Waals surface area (Å²) < 4.78 is 5.61. The van der Waals surface area contributed by atoms with Crippen molar-refractivity contribution in [2.75, 3.05) is 11.4 Å². The highest BCUT2D eigenvalue weighted by atomic mass is 16.3. The Labute approximate surface area is 169 Å². The number of hydrogen-bond acceptors (Lipinski definition) is 5. The maximum absolute atomic E-state index is 12.8. The van der Waals surface area contributed by atoms with E-state index < -0.39 is 0 Å². The molecule has 0 unspecified atom stereocenters. The number of carbonyl (C=O) groups is 1. The first-order chi connectivity index (χ1) is 14.2. The zero-order valence-corrected chi connectivity index (χ0v) is 16.0. The molecular formula is C23H23N3O3. The summed E-state index contributed by atoms with van der Waals surface area (Å²) in [5, 5.41) is 13.5. The van der Waals surface area contributed by atoms with Crippen molar-refractivity contribution in [1.29, 1.82) is 0 Å². The average Bonchev–Trinajstić information content (AvgIpc) is 3.21. The summed E-state index contributed by atoms with van der Waals surface area (Å²) in [6, 6.07) is 14.9. The normalized spacial score (nSPS) is 18.8. The number of benzene rings is 1. The van der Waals surface area contributed by atoms with Gasteiger partial charge < -0.3 is 19.7 Å². The van der Waals surface area contributed by atoms with Crippen LogP contribution in [0.1, 0.15) is 25.7 Å². The summed E-state index contributed by atoms with van der Waals surface area (Å²) in [6.07, 6.45) is 5.54. The Morgan fingerprint density at radius 2 is 2.00 bits per heavy atom. The van der Waals surface area contributed by atoms with Gasteiger partial charge in [-0.2, -0.15) is 0 Å². The molecule has 1 atom stereocenters. The fourth-order valence-electron chi connectivity index (χ4n) is 3.91. The van der Waals surface area contributed by atoms with Crippen LogP contribution in [0.2, 0.25) is 0 Å². The summed E-state index contributed by atoms with van der Waals surface area (Å²) in [7, 11) is 0. The van der Waals surface area contributed by atoms with Crippen molar-refractivity contribution in [1.82, 2.24) is 10.3 Å². The summed E-state index contributed by atoms with van der Waals surface area (Å²) in [5.74, 6) is 1.71. The minimum absolute atomic E-state index is 0.0827. The third-order valence-corrected chi connectivity index (χ3v) is 5.57. The van der Waals surface area contributed by atoms with Crippen LogP contribution in [-0.4, -0.2) is 34.6 Å². The van der Waals surface area contributed by atoms with E-state index in [4.69, 9.17) is 9.40 Å². The van der Waals surface area contributed by atoms with E-state index in [0.717, 1.165) is 49.4 Å². The number of anilines is 1. The predicted molar refractivity (Wildman–Crippen MR) is 111 cm³/mol. The van der Waals surface area contributed by atoms with Gasteiger partial charge in [-0.25, -0.2) is 4.98 Å². The van der Waals surface area contributed by atoms with Crippen molar-refractivity contribution in [3.63, 3.8) is 0 Å². The van der Waals surface area contributed by atoms with Crippen LogP contribution in [0.25, 0.3) is 22.6 Å². The number of hydrogen-bond donors (Lipinski definition) is 2. The summed E-state index contributed by atoms with van der Waals surface area (Å²) in [4.78, 5) is 19.7. The lowest BCUT2D eigenvalue weighted by molar-refractivity contribution is -0.122.